The van der Waals surface area contributed by atoms with Crippen LogP contribution in [0.15, 0.2) is 15.5 Å². The van der Waals surface area contributed by atoms with E-state index in [4.69, 9.17) is 24.8 Å². The Balaban J connectivity index is 1.62. The zero-order chi connectivity index (χ0) is 48.2. The summed E-state index contributed by atoms with van der Waals surface area (Å²) in [6, 6.07) is -3.15. The summed E-state index contributed by atoms with van der Waals surface area (Å²) < 4.78 is 51.1. The molecule has 0 unspecified atom stereocenters. The number of nitrogen functional groups attached to an aromatic ring is 1. The van der Waals surface area contributed by atoms with Gasteiger partial charge >= 0.3 is 34.6 Å². The number of amides is 5. The monoisotopic (exact) mass is 942 g/mol. The number of nitrogens with one attached hydrogen (secondary N) is 3. The fourth-order valence-electron chi connectivity index (χ4n) is 5.48. The number of rotatable bonds is 15. The zero-order valence-electron chi connectivity index (χ0n) is 36.9. The van der Waals surface area contributed by atoms with Crippen molar-refractivity contribution in [2.75, 3.05) is 18.8 Å². The largest absolute Gasteiger partial charge is 0.478 e. The van der Waals surface area contributed by atoms with Gasteiger partial charge in [-0.2, -0.15) is 23.4 Å². The summed E-state index contributed by atoms with van der Waals surface area (Å²) in [6.45, 7) is 15.4. The Kier molecular flexibility index (Phi) is 15.2. The Labute approximate surface area is 372 Å². The van der Waals surface area contributed by atoms with Crippen molar-refractivity contribution in [3.8, 4) is 0 Å². The lowest BCUT2D eigenvalue weighted by Gasteiger charge is -2.43. The van der Waals surface area contributed by atoms with E-state index in [2.05, 4.69) is 41.3 Å². The number of hydrogen-bond acceptors (Lipinski definition) is 19. The predicted molar refractivity (Wildman–Crippen MR) is 225 cm³/mol. The minimum Gasteiger partial charge on any atom is -0.478 e. The second-order valence-corrected chi connectivity index (χ2v) is 19.7. The first-order valence-electron chi connectivity index (χ1n) is 19.6. The molecule has 1 saturated carbocycles. The maximum Gasteiger partial charge on any atom is 0.417 e. The first-order chi connectivity index (χ1) is 29.4. The van der Waals surface area contributed by atoms with Crippen LogP contribution in [0, 0.1) is 6.92 Å². The van der Waals surface area contributed by atoms with Gasteiger partial charge in [-0.15, -0.1) is 11.3 Å². The van der Waals surface area contributed by atoms with Crippen molar-refractivity contribution in [1.29, 1.82) is 0 Å². The van der Waals surface area contributed by atoms with Crippen molar-refractivity contribution in [2.24, 2.45) is 10.1 Å². The van der Waals surface area contributed by atoms with Crippen LogP contribution in [0.4, 0.5) is 19.5 Å². The number of β-lactam (4-membered cyclic amide) rings is 1. The Morgan fingerprint density at radius 2 is 1.61 bits per heavy atom. The van der Waals surface area contributed by atoms with Gasteiger partial charge in [-0.1, -0.05) is 5.16 Å². The molecule has 0 aromatic carbocycles. The molecule has 2 fully saturated rings. The molecule has 3 heterocycles. The molecule has 28 heteroatoms. The van der Waals surface area contributed by atoms with E-state index in [0.717, 1.165) is 21.0 Å². The van der Waals surface area contributed by atoms with Gasteiger partial charge in [-0.25, -0.2) is 38.4 Å². The molecule has 1 saturated heterocycles. The highest BCUT2D eigenvalue weighted by atomic mass is 32.2. The summed E-state index contributed by atoms with van der Waals surface area (Å²) >= 11 is 0.923. The second kappa shape index (κ2) is 19.3. The van der Waals surface area contributed by atoms with Gasteiger partial charge in [0.2, 0.25) is 11.6 Å². The third-order valence-electron chi connectivity index (χ3n) is 8.45. The molecule has 2 atom stereocenters. The van der Waals surface area contributed by atoms with Crippen molar-refractivity contribution in [2.45, 2.75) is 136 Å². The van der Waals surface area contributed by atoms with Crippen molar-refractivity contribution in [3.63, 3.8) is 0 Å². The first-order valence-corrected chi connectivity index (χ1v) is 21.9. The predicted octanol–water partition coefficient (Wildman–Crippen LogP) is 1.69. The van der Waals surface area contributed by atoms with E-state index in [9.17, 15) is 46.8 Å². The Morgan fingerprint density at radius 1 is 1.00 bits per heavy atom. The van der Waals surface area contributed by atoms with Crippen molar-refractivity contribution < 1.29 is 65.9 Å². The third-order valence-corrected chi connectivity index (χ3v) is 10.1. The Bertz CT molecular complexity index is 2290. The molecular weight excluding hydrogens is 889 g/mol. The van der Waals surface area contributed by atoms with Gasteiger partial charge in [0.1, 0.15) is 40.3 Å². The van der Waals surface area contributed by atoms with E-state index >= 15 is 0 Å². The van der Waals surface area contributed by atoms with Crippen LogP contribution in [0.25, 0.3) is 0 Å². The highest BCUT2D eigenvalue weighted by molar-refractivity contribution is 7.84. The highest BCUT2D eigenvalue weighted by Crippen LogP contribution is 2.40. The molecule has 1 aliphatic carbocycles. The van der Waals surface area contributed by atoms with Gasteiger partial charge < -0.3 is 40.5 Å². The number of thiazole rings is 1. The van der Waals surface area contributed by atoms with E-state index in [1.54, 1.807) is 62.3 Å². The lowest BCUT2D eigenvalue weighted by Crippen LogP contribution is -2.73. The quantitative estimate of drug-likeness (QED) is 0.0281. The van der Waals surface area contributed by atoms with E-state index in [1.165, 1.54) is 12.3 Å². The number of carboxylic acids is 1. The maximum atomic E-state index is 13.6. The van der Waals surface area contributed by atoms with Crippen LogP contribution < -0.4 is 21.7 Å². The number of carbonyl (C=O) groups is 6. The van der Waals surface area contributed by atoms with Crippen molar-refractivity contribution in [3.05, 3.63) is 22.5 Å². The lowest BCUT2D eigenvalue weighted by molar-refractivity contribution is -0.153. The summed E-state index contributed by atoms with van der Waals surface area (Å²) in [7, 11) is -5.19. The molecule has 4 rings (SSSR count). The average molecular weight is 943 g/mol. The number of aliphatic imine (C=N–C) groups is 1. The minimum absolute atomic E-state index is 0.0168. The molecule has 0 spiro atoms. The van der Waals surface area contributed by atoms with E-state index < -0.39 is 93.1 Å². The zero-order valence-corrected chi connectivity index (χ0v) is 38.6. The van der Waals surface area contributed by atoms with Gasteiger partial charge in [-0.3, -0.25) is 19.5 Å². The lowest BCUT2D eigenvalue weighted by atomic mass is 9.98. The molecule has 2 aromatic heterocycles. The number of alkyl carbamates (subject to hydrolysis) is 2. The van der Waals surface area contributed by atoms with Crippen LogP contribution in [0.2, 0.25) is 0 Å². The molecule has 354 valence electrons. The number of carboxylic acid groups (broad SMARTS) is 1. The van der Waals surface area contributed by atoms with Crippen LogP contribution in [0.1, 0.15) is 98.7 Å². The van der Waals surface area contributed by atoms with E-state index in [0.29, 0.717) is 0 Å². The van der Waals surface area contributed by atoms with Crippen molar-refractivity contribution in [1.82, 2.24) is 45.1 Å². The van der Waals surface area contributed by atoms with Gasteiger partial charge in [-0.05, 0) is 75.7 Å². The number of carbonyl (C=O) groups excluding carboxylic acids is 5. The first kappa shape index (κ1) is 50.5. The number of aliphatic carboxylic acids is 1. The second-order valence-electron chi connectivity index (χ2n) is 17.5. The summed E-state index contributed by atoms with van der Waals surface area (Å²) in [5.74, 6) is -4.01. The maximum absolute atomic E-state index is 13.6. The molecule has 2 aliphatic rings. The smallest absolute Gasteiger partial charge is 0.417 e. The van der Waals surface area contributed by atoms with Crippen LogP contribution >= 0.6 is 11.3 Å². The number of oxime groups is 1. The number of guanidine groups is 1. The summed E-state index contributed by atoms with van der Waals surface area (Å²) in [6.07, 6.45) is -2.24. The number of anilines is 1. The number of ether oxygens (including phenoxy) is 3. The number of nitrogens with zero attached hydrogens (tertiary/aromatic N) is 8. The van der Waals surface area contributed by atoms with Crippen LogP contribution in [-0.2, 0) is 56.8 Å². The number of hydrogen-bond donors (Lipinski definition) is 6. The fraction of sp³-hybridized carbons (Fsp3) is 0.639. The van der Waals surface area contributed by atoms with Crippen LogP contribution in [-0.4, -0.2) is 143 Å². The number of aromatic nitrogens is 4. The third kappa shape index (κ3) is 14.2. The van der Waals surface area contributed by atoms with Crippen LogP contribution in [0.5, 0.6) is 0 Å². The molecule has 2 aromatic rings. The van der Waals surface area contributed by atoms with Gasteiger partial charge in [0.05, 0.1) is 18.8 Å². The van der Waals surface area contributed by atoms with Gasteiger partial charge in [0.25, 0.3) is 11.8 Å². The van der Waals surface area contributed by atoms with Gasteiger partial charge in [0, 0.05) is 31.3 Å². The summed E-state index contributed by atoms with van der Waals surface area (Å²) in [4.78, 5) is 93.0. The summed E-state index contributed by atoms with van der Waals surface area (Å²) in [5.41, 5.74) is 0.993. The molecule has 0 bridgehead atoms. The number of aryl methyl sites for hydroxylation is 1. The molecule has 7 N–H and O–H groups in total. The average Bonchev–Trinajstić information content (AvgIpc) is 3.67. The normalized spacial score (nSPS) is 17.7. The molecule has 1 aliphatic heterocycles. The number of nitrogens with two attached hydrogens (primary N) is 1. The molecule has 64 heavy (non-hydrogen) atoms. The fourth-order valence-corrected chi connectivity index (χ4v) is 6.90. The van der Waals surface area contributed by atoms with Crippen molar-refractivity contribution >= 4 is 74.5 Å². The Morgan fingerprint density at radius 3 is 2.14 bits per heavy atom. The summed E-state index contributed by atoms with van der Waals surface area (Å²) in [5, 5.41) is 30.7. The van der Waals surface area contributed by atoms with Gasteiger partial charge in [0.15, 0.2) is 10.8 Å². The Hall–Kier alpha value is -6.16. The minimum atomic E-state index is -5.19. The van der Waals surface area contributed by atoms with E-state index in [-0.39, 0.29) is 71.4 Å². The van der Waals surface area contributed by atoms with Crippen LogP contribution in [0.3, 0.4) is 0 Å². The molecule has 26 nitrogen and oxygen atoms in total. The standard InChI is InChI=1S/C36H54N12O14S2/c1-19-20(16-39-29(42-31(54)60-34(5,6)7)46(32(55)61-35(8,9)10)15-11-14-38-30(53)59-33(2,3)4)44-47(43-19)17-22-24(26(50)48(22)64(56,57)58)41-25(49)23(21-18-63-28(37)40-21)45-62-36(12-13-36)27(51)52/h18,22,24H,11-17H2,1-10H3,(H2,37,40)(H,38,53)(H,41,49)(H,51,52)(H,39,42,54)(H,56,57,58)/b45-23+/t22-,24+/m1/s1. The topological polar surface area (TPSA) is 351 Å². The SMILES string of the molecule is Cc1nn(C[C@@H]2[C@H](NC(=O)/C(=N/OC3(C(=O)O)CC3)c3csc(N)n3)C(=O)N2S(=O)(=O)O)nc1CN=C(NC(=O)OC(C)(C)C)N(CCCNC(=O)OC(C)(C)C)C(=O)OC(C)(C)C. The highest BCUT2D eigenvalue weighted by Gasteiger charge is 2.56. The van der Waals surface area contributed by atoms with E-state index in [1.807, 2.05) is 0 Å². The molecular formula is C36H54N12O14S2. The molecule has 5 amide bonds. The molecule has 0 radical (unpaired) electrons.